The van der Waals surface area contributed by atoms with Crippen LogP contribution in [0.2, 0.25) is 0 Å². The van der Waals surface area contributed by atoms with Crippen molar-refractivity contribution >= 4 is 22.2 Å². The second-order valence-electron chi connectivity index (χ2n) is 6.80. The number of carbonyl (C=O) groups excluding carboxylic acids is 1. The van der Waals surface area contributed by atoms with Gasteiger partial charge in [-0.3, -0.25) is 9.20 Å². The molecule has 1 aromatic carbocycles. The highest BCUT2D eigenvalue weighted by atomic mass is 32.1. The number of para-hydroxylation sites is 1. The number of benzene rings is 1. The molecule has 5 nitrogen and oxygen atoms in total. The molecule has 0 unspecified atom stereocenters. The summed E-state index contributed by atoms with van der Waals surface area (Å²) in [5.74, 6) is 0.829. The van der Waals surface area contributed by atoms with E-state index in [1.807, 2.05) is 41.8 Å². The summed E-state index contributed by atoms with van der Waals surface area (Å²) in [5.41, 5.74) is 2.75. The molecule has 136 valence electrons. The maximum Gasteiger partial charge on any atom is 0.263 e. The third kappa shape index (κ3) is 3.09. The second kappa shape index (κ2) is 7.11. The Morgan fingerprint density at radius 2 is 2.04 bits per heavy atom. The molecule has 26 heavy (non-hydrogen) atoms. The van der Waals surface area contributed by atoms with Gasteiger partial charge in [0.15, 0.2) is 4.96 Å². The summed E-state index contributed by atoms with van der Waals surface area (Å²) in [4.78, 5) is 19.0. The lowest BCUT2D eigenvalue weighted by atomic mass is 9.95. The number of thiazole rings is 1. The highest BCUT2D eigenvalue weighted by molar-refractivity contribution is 7.19. The smallest absolute Gasteiger partial charge is 0.263 e. The number of imidazole rings is 1. The molecule has 1 N–H and O–H groups in total. The fraction of sp³-hybridized carbons (Fsp3) is 0.400. The summed E-state index contributed by atoms with van der Waals surface area (Å²) in [7, 11) is 1.66. The topological polar surface area (TPSA) is 55.6 Å². The van der Waals surface area contributed by atoms with Crippen LogP contribution in [-0.4, -0.2) is 28.4 Å². The summed E-state index contributed by atoms with van der Waals surface area (Å²) in [6, 6.07) is 8.16. The lowest BCUT2D eigenvalue weighted by Crippen LogP contribution is -2.36. The van der Waals surface area contributed by atoms with E-state index in [9.17, 15) is 4.79 Å². The summed E-state index contributed by atoms with van der Waals surface area (Å²) >= 11 is 1.45. The molecule has 1 amide bonds. The molecule has 0 bridgehead atoms. The first-order valence-electron chi connectivity index (χ1n) is 9.10. The van der Waals surface area contributed by atoms with Crippen LogP contribution in [0.5, 0.6) is 5.75 Å². The first-order valence-corrected chi connectivity index (χ1v) is 9.92. The van der Waals surface area contributed by atoms with Crippen LogP contribution >= 0.6 is 11.3 Å². The zero-order valence-corrected chi connectivity index (χ0v) is 15.9. The van der Waals surface area contributed by atoms with Gasteiger partial charge in [-0.25, -0.2) is 4.98 Å². The predicted octanol–water partition coefficient (Wildman–Crippen LogP) is 4.44. The molecule has 1 aliphatic rings. The highest BCUT2D eigenvalue weighted by Gasteiger charge is 2.22. The number of hydrogen-bond donors (Lipinski definition) is 1. The number of carbonyl (C=O) groups is 1. The van der Waals surface area contributed by atoms with Crippen LogP contribution in [0, 0.1) is 6.92 Å². The van der Waals surface area contributed by atoms with E-state index in [0.717, 1.165) is 45.4 Å². The van der Waals surface area contributed by atoms with Gasteiger partial charge in [-0.15, -0.1) is 0 Å². The van der Waals surface area contributed by atoms with Gasteiger partial charge in [0, 0.05) is 23.5 Å². The first-order chi connectivity index (χ1) is 12.7. The molecule has 0 atom stereocenters. The number of nitrogens with zero attached hydrogens (tertiary/aromatic N) is 2. The van der Waals surface area contributed by atoms with E-state index in [0.29, 0.717) is 6.04 Å². The fourth-order valence-electron chi connectivity index (χ4n) is 3.64. The monoisotopic (exact) mass is 369 g/mol. The van der Waals surface area contributed by atoms with Gasteiger partial charge in [0.25, 0.3) is 5.91 Å². The molecule has 1 saturated carbocycles. The molecule has 2 heterocycles. The van der Waals surface area contributed by atoms with Crippen molar-refractivity contribution in [3.63, 3.8) is 0 Å². The van der Waals surface area contributed by atoms with Crippen LogP contribution in [0.4, 0.5) is 0 Å². The normalized spacial score (nSPS) is 15.3. The molecule has 0 saturated heterocycles. The van der Waals surface area contributed by atoms with Crippen molar-refractivity contribution in [2.24, 2.45) is 0 Å². The number of fused-ring (bicyclic) bond motifs is 1. The van der Waals surface area contributed by atoms with Crippen molar-refractivity contribution in [2.45, 2.75) is 45.1 Å². The van der Waals surface area contributed by atoms with Crippen molar-refractivity contribution in [3.05, 3.63) is 41.0 Å². The van der Waals surface area contributed by atoms with Crippen molar-refractivity contribution in [1.82, 2.24) is 14.7 Å². The molecular weight excluding hydrogens is 346 g/mol. The van der Waals surface area contributed by atoms with Crippen LogP contribution in [0.25, 0.3) is 16.2 Å². The van der Waals surface area contributed by atoms with Gasteiger partial charge in [-0.1, -0.05) is 42.7 Å². The lowest BCUT2D eigenvalue weighted by Gasteiger charge is -2.22. The maximum atomic E-state index is 12.7. The number of hydrogen-bond acceptors (Lipinski definition) is 4. The fourth-order valence-corrected chi connectivity index (χ4v) is 4.66. The molecule has 0 radical (unpaired) electrons. The third-order valence-electron chi connectivity index (χ3n) is 5.09. The minimum atomic E-state index is 0.0312. The van der Waals surface area contributed by atoms with Gasteiger partial charge in [-0.05, 0) is 31.9 Å². The van der Waals surface area contributed by atoms with Crippen molar-refractivity contribution < 1.29 is 9.53 Å². The van der Waals surface area contributed by atoms with E-state index in [-0.39, 0.29) is 5.91 Å². The molecule has 4 rings (SSSR count). The molecule has 2 aromatic heterocycles. The minimum absolute atomic E-state index is 0.0312. The quantitative estimate of drug-likeness (QED) is 0.739. The van der Waals surface area contributed by atoms with Crippen LogP contribution in [0.15, 0.2) is 30.5 Å². The number of rotatable bonds is 4. The summed E-state index contributed by atoms with van der Waals surface area (Å²) in [6.45, 7) is 1.98. The number of amides is 1. The Labute approximate surface area is 157 Å². The standard InChI is InChI=1S/C20H23N3O2S/c1-13-18(19(24)21-14-8-4-3-5-9-14)26-20-22-16(12-23(13)20)15-10-6-7-11-17(15)25-2/h6-7,10-12,14H,3-5,8-9H2,1-2H3,(H,21,24). The molecule has 0 aliphatic heterocycles. The number of methoxy groups -OCH3 is 1. The van der Waals surface area contributed by atoms with Crippen LogP contribution in [0.1, 0.15) is 47.5 Å². The van der Waals surface area contributed by atoms with Crippen molar-refractivity contribution in [1.29, 1.82) is 0 Å². The molecule has 6 heteroatoms. The van der Waals surface area contributed by atoms with E-state index in [1.165, 1.54) is 30.6 Å². The molecular formula is C20H23N3O2S. The second-order valence-corrected chi connectivity index (χ2v) is 7.78. The Bertz CT molecular complexity index is 938. The van der Waals surface area contributed by atoms with E-state index in [4.69, 9.17) is 9.72 Å². The molecule has 1 aliphatic carbocycles. The van der Waals surface area contributed by atoms with Crippen LogP contribution < -0.4 is 10.1 Å². The van der Waals surface area contributed by atoms with E-state index in [1.54, 1.807) is 7.11 Å². The van der Waals surface area contributed by atoms with Gasteiger partial charge in [0.05, 0.1) is 12.8 Å². The Morgan fingerprint density at radius 1 is 1.27 bits per heavy atom. The maximum absolute atomic E-state index is 12.7. The summed E-state index contributed by atoms with van der Waals surface area (Å²) < 4.78 is 7.44. The van der Waals surface area contributed by atoms with Crippen molar-refractivity contribution in [2.75, 3.05) is 7.11 Å². The Kier molecular flexibility index (Phi) is 4.68. The lowest BCUT2D eigenvalue weighted by molar-refractivity contribution is 0.0931. The number of nitrogens with one attached hydrogen (secondary N) is 1. The summed E-state index contributed by atoms with van der Waals surface area (Å²) in [5, 5.41) is 3.20. The van der Waals surface area contributed by atoms with Gasteiger partial charge in [0.1, 0.15) is 10.6 Å². The molecule has 1 fully saturated rings. The van der Waals surface area contributed by atoms with Crippen LogP contribution in [-0.2, 0) is 0 Å². The Hall–Kier alpha value is -2.34. The van der Waals surface area contributed by atoms with E-state index >= 15 is 0 Å². The van der Waals surface area contributed by atoms with Gasteiger partial charge >= 0.3 is 0 Å². The highest BCUT2D eigenvalue weighted by Crippen LogP contribution is 2.32. The third-order valence-corrected chi connectivity index (χ3v) is 6.24. The van der Waals surface area contributed by atoms with E-state index in [2.05, 4.69) is 5.32 Å². The van der Waals surface area contributed by atoms with Gasteiger partial charge in [-0.2, -0.15) is 0 Å². The number of aryl methyl sites for hydroxylation is 1. The van der Waals surface area contributed by atoms with Crippen LogP contribution in [0.3, 0.4) is 0 Å². The molecule has 0 spiro atoms. The number of aromatic nitrogens is 2. The van der Waals surface area contributed by atoms with Crippen molar-refractivity contribution in [3.8, 4) is 17.0 Å². The van der Waals surface area contributed by atoms with Gasteiger partial charge in [0.2, 0.25) is 0 Å². The Morgan fingerprint density at radius 3 is 2.77 bits per heavy atom. The SMILES string of the molecule is COc1ccccc1-c1cn2c(C)c(C(=O)NC3CCCCC3)sc2n1. The molecule has 3 aromatic rings. The Balaban J connectivity index is 1.62. The zero-order valence-electron chi connectivity index (χ0n) is 15.1. The predicted molar refractivity (Wildman–Crippen MR) is 104 cm³/mol. The largest absolute Gasteiger partial charge is 0.496 e. The summed E-state index contributed by atoms with van der Waals surface area (Å²) in [6.07, 6.45) is 7.86. The van der Waals surface area contributed by atoms with Gasteiger partial charge < -0.3 is 10.1 Å². The zero-order chi connectivity index (χ0) is 18.1. The average Bonchev–Trinajstić information content (AvgIpc) is 3.22. The first kappa shape index (κ1) is 17.1. The van der Waals surface area contributed by atoms with E-state index < -0.39 is 0 Å². The average molecular weight is 369 g/mol. The minimum Gasteiger partial charge on any atom is -0.496 e. The number of ether oxygens (including phenoxy) is 1.